The van der Waals surface area contributed by atoms with Crippen LogP contribution in [-0.4, -0.2) is 25.0 Å². The van der Waals surface area contributed by atoms with Crippen LogP contribution in [0.2, 0.25) is 0 Å². The van der Waals surface area contributed by atoms with Crippen LogP contribution >= 0.6 is 0 Å². The van der Waals surface area contributed by atoms with Gasteiger partial charge in [-0.1, -0.05) is 5.18 Å². The van der Waals surface area contributed by atoms with E-state index in [0.29, 0.717) is 6.61 Å². The molecule has 1 heterocycles. The molecule has 0 unspecified atom stereocenters. The third-order valence-corrected chi connectivity index (χ3v) is 1.35. The molecule has 0 aromatic heterocycles. The van der Waals surface area contributed by atoms with Crippen molar-refractivity contribution in [2.45, 2.75) is 25.7 Å². The van der Waals surface area contributed by atoms with Crippen LogP contribution in [0.3, 0.4) is 0 Å². The van der Waals surface area contributed by atoms with Crippen LogP contribution in [-0.2, 0) is 9.47 Å². The molecule has 58 valence electrons. The molecule has 1 aliphatic heterocycles. The first-order valence-corrected chi connectivity index (χ1v) is 3.25. The first kappa shape index (κ1) is 7.63. The Morgan fingerprint density at radius 2 is 2.40 bits per heavy atom. The number of rotatable bonds is 2. The maximum Gasteiger partial charge on any atom is 0.163 e. The van der Waals surface area contributed by atoms with Crippen molar-refractivity contribution in [3.05, 3.63) is 4.91 Å². The van der Waals surface area contributed by atoms with Crippen molar-refractivity contribution in [2.75, 3.05) is 13.2 Å². The summed E-state index contributed by atoms with van der Waals surface area (Å²) >= 11 is 0. The van der Waals surface area contributed by atoms with Crippen molar-refractivity contribution in [3.8, 4) is 0 Å². The van der Waals surface area contributed by atoms with E-state index in [9.17, 15) is 4.91 Å². The Bertz CT molecular complexity index is 135. The van der Waals surface area contributed by atoms with E-state index < -0.39 is 5.79 Å². The minimum Gasteiger partial charge on any atom is -0.348 e. The van der Waals surface area contributed by atoms with Gasteiger partial charge in [0.2, 0.25) is 0 Å². The van der Waals surface area contributed by atoms with Crippen LogP contribution in [0, 0.1) is 4.91 Å². The molecule has 4 heteroatoms. The van der Waals surface area contributed by atoms with Crippen LogP contribution in [0.5, 0.6) is 0 Å². The number of ether oxygens (including phenoxy) is 2. The van der Waals surface area contributed by atoms with Crippen molar-refractivity contribution < 1.29 is 9.47 Å². The summed E-state index contributed by atoms with van der Waals surface area (Å²) in [7, 11) is 0. The highest BCUT2D eigenvalue weighted by atomic mass is 16.7. The van der Waals surface area contributed by atoms with E-state index in [1.807, 2.05) is 13.8 Å². The maximum absolute atomic E-state index is 9.79. The van der Waals surface area contributed by atoms with Gasteiger partial charge >= 0.3 is 0 Å². The Morgan fingerprint density at radius 1 is 1.70 bits per heavy atom. The molecular formula is C6H11NO3. The van der Waals surface area contributed by atoms with Crippen molar-refractivity contribution in [1.82, 2.24) is 0 Å². The van der Waals surface area contributed by atoms with Gasteiger partial charge in [0.05, 0.1) is 6.61 Å². The topological polar surface area (TPSA) is 47.9 Å². The normalized spacial score (nSPS) is 30.4. The first-order valence-electron chi connectivity index (χ1n) is 3.25. The van der Waals surface area contributed by atoms with Crippen molar-refractivity contribution >= 4 is 0 Å². The Balaban J connectivity index is 2.35. The standard InChI is InChI=1S/C6H11NO3/c1-6(2)9-4-5(10-6)3-7-8/h5H,3-4H2,1-2H3/t5-/m0/s1. The lowest BCUT2D eigenvalue weighted by atomic mass is 10.4. The summed E-state index contributed by atoms with van der Waals surface area (Å²) in [5.41, 5.74) is 0. The fourth-order valence-corrected chi connectivity index (χ4v) is 0.936. The van der Waals surface area contributed by atoms with Gasteiger partial charge in [-0.05, 0) is 13.8 Å². The van der Waals surface area contributed by atoms with E-state index in [-0.39, 0.29) is 12.6 Å². The van der Waals surface area contributed by atoms with E-state index >= 15 is 0 Å². The summed E-state index contributed by atoms with van der Waals surface area (Å²) < 4.78 is 10.5. The number of hydrogen-bond acceptors (Lipinski definition) is 4. The van der Waals surface area contributed by atoms with E-state index in [4.69, 9.17) is 9.47 Å². The molecule has 0 bridgehead atoms. The molecule has 1 saturated heterocycles. The van der Waals surface area contributed by atoms with Gasteiger partial charge in [0.15, 0.2) is 5.79 Å². The third-order valence-electron chi connectivity index (χ3n) is 1.35. The summed E-state index contributed by atoms with van der Waals surface area (Å²) in [6, 6.07) is 0. The summed E-state index contributed by atoms with van der Waals surface area (Å²) in [4.78, 5) is 9.79. The highest BCUT2D eigenvalue weighted by Crippen LogP contribution is 2.21. The molecule has 0 spiro atoms. The molecule has 0 aromatic rings. The Kier molecular flexibility index (Phi) is 2.01. The molecule has 0 N–H and O–H groups in total. The Morgan fingerprint density at radius 3 is 2.80 bits per heavy atom. The molecule has 1 fully saturated rings. The molecule has 4 nitrogen and oxygen atoms in total. The second-order valence-electron chi connectivity index (χ2n) is 2.76. The Hall–Kier alpha value is -0.480. The number of nitroso groups, excluding NO2 is 1. The average Bonchev–Trinajstić information content (AvgIpc) is 2.12. The van der Waals surface area contributed by atoms with Crippen LogP contribution in [0.1, 0.15) is 13.8 Å². The van der Waals surface area contributed by atoms with E-state index in [1.54, 1.807) is 0 Å². The third kappa shape index (κ3) is 1.75. The van der Waals surface area contributed by atoms with Gasteiger partial charge < -0.3 is 9.47 Å². The zero-order valence-electron chi connectivity index (χ0n) is 6.16. The molecule has 0 aliphatic carbocycles. The van der Waals surface area contributed by atoms with Crippen molar-refractivity contribution in [3.63, 3.8) is 0 Å². The summed E-state index contributed by atoms with van der Waals surface area (Å²) in [6.07, 6.45) is -0.146. The summed E-state index contributed by atoms with van der Waals surface area (Å²) in [5.74, 6) is -0.532. The SMILES string of the molecule is CC1(C)OC[C@H](CN=O)O1. The van der Waals surface area contributed by atoms with Crippen molar-refractivity contribution in [2.24, 2.45) is 5.18 Å². The summed E-state index contributed by atoms with van der Waals surface area (Å²) in [6.45, 7) is 4.29. The maximum atomic E-state index is 9.79. The molecule has 0 aromatic carbocycles. The van der Waals surface area contributed by atoms with Gasteiger partial charge in [0.25, 0.3) is 0 Å². The lowest BCUT2D eigenvalue weighted by molar-refractivity contribution is -0.137. The quantitative estimate of drug-likeness (QED) is 0.542. The highest BCUT2D eigenvalue weighted by Gasteiger charge is 2.32. The molecule has 0 amide bonds. The highest BCUT2D eigenvalue weighted by molar-refractivity contribution is 4.71. The predicted molar refractivity (Wildman–Crippen MR) is 35.6 cm³/mol. The van der Waals surface area contributed by atoms with Gasteiger partial charge in [0, 0.05) is 0 Å². The van der Waals surface area contributed by atoms with Crippen molar-refractivity contribution in [1.29, 1.82) is 0 Å². The molecular weight excluding hydrogens is 134 g/mol. The fraction of sp³-hybridized carbons (Fsp3) is 1.00. The zero-order valence-corrected chi connectivity index (χ0v) is 6.16. The van der Waals surface area contributed by atoms with Gasteiger partial charge in [-0.2, -0.15) is 4.91 Å². The minimum absolute atomic E-state index is 0.146. The molecule has 10 heavy (non-hydrogen) atoms. The largest absolute Gasteiger partial charge is 0.348 e. The lowest BCUT2D eigenvalue weighted by Crippen LogP contribution is -2.22. The smallest absolute Gasteiger partial charge is 0.163 e. The second-order valence-corrected chi connectivity index (χ2v) is 2.76. The average molecular weight is 145 g/mol. The molecule has 1 aliphatic rings. The van der Waals surface area contributed by atoms with E-state index in [0.717, 1.165) is 0 Å². The van der Waals surface area contributed by atoms with E-state index in [2.05, 4.69) is 5.18 Å². The van der Waals surface area contributed by atoms with Crippen LogP contribution < -0.4 is 0 Å². The monoisotopic (exact) mass is 145 g/mol. The first-order chi connectivity index (χ1) is 4.64. The second kappa shape index (κ2) is 2.64. The summed E-state index contributed by atoms with van der Waals surface area (Å²) in [5, 5.41) is 2.73. The van der Waals surface area contributed by atoms with E-state index in [1.165, 1.54) is 0 Å². The van der Waals surface area contributed by atoms with Crippen LogP contribution in [0.15, 0.2) is 5.18 Å². The number of hydrogen-bond donors (Lipinski definition) is 0. The molecule has 0 radical (unpaired) electrons. The van der Waals surface area contributed by atoms with Crippen LogP contribution in [0.25, 0.3) is 0 Å². The van der Waals surface area contributed by atoms with Gasteiger partial charge in [-0.3, -0.25) is 0 Å². The molecule has 1 atom stereocenters. The minimum atomic E-state index is -0.532. The molecule has 1 rings (SSSR count). The predicted octanol–water partition coefficient (Wildman–Crippen LogP) is 0.904. The van der Waals surface area contributed by atoms with Crippen LogP contribution in [0.4, 0.5) is 0 Å². The van der Waals surface area contributed by atoms with Gasteiger partial charge in [-0.25, -0.2) is 0 Å². The fourth-order valence-electron chi connectivity index (χ4n) is 0.936. The van der Waals surface area contributed by atoms with Gasteiger partial charge in [-0.15, -0.1) is 0 Å². The number of nitrogens with zero attached hydrogens (tertiary/aromatic N) is 1. The Labute approximate surface area is 59.5 Å². The lowest BCUT2D eigenvalue weighted by Gasteiger charge is -2.15. The van der Waals surface area contributed by atoms with Gasteiger partial charge in [0.1, 0.15) is 12.6 Å². The zero-order chi connectivity index (χ0) is 7.61. The molecule has 0 saturated carbocycles.